The van der Waals surface area contributed by atoms with Gasteiger partial charge in [0.1, 0.15) is 0 Å². The van der Waals surface area contributed by atoms with Gasteiger partial charge in [0.05, 0.1) is 19.4 Å². The Hall–Kier alpha value is -2.38. The van der Waals surface area contributed by atoms with Crippen molar-refractivity contribution in [1.82, 2.24) is 10.3 Å². The van der Waals surface area contributed by atoms with Gasteiger partial charge < -0.3 is 15.0 Å². The lowest BCUT2D eigenvalue weighted by atomic mass is 10.1. The van der Waals surface area contributed by atoms with Crippen molar-refractivity contribution >= 4 is 58.5 Å². The molecule has 5 nitrogen and oxygen atoms in total. The van der Waals surface area contributed by atoms with Gasteiger partial charge in [-0.2, -0.15) is 5.10 Å². The first kappa shape index (κ1) is 22.8. The fourth-order valence-electron chi connectivity index (χ4n) is 3.83. The monoisotopic (exact) mass is 486 g/mol. The summed E-state index contributed by atoms with van der Waals surface area (Å²) >= 11 is 17.8. The molecule has 166 valence electrons. The van der Waals surface area contributed by atoms with Crippen molar-refractivity contribution in [1.29, 1.82) is 0 Å². The highest BCUT2D eigenvalue weighted by Gasteiger charge is 2.25. The SMILES string of the molecule is S=C(NN=CC1=C(N2CCOCC2)C(=Cc2ccc(Cl)cc2Cl)CC1)Nc1ccccc1. The number of halogens is 2. The van der Waals surface area contributed by atoms with Gasteiger partial charge >= 0.3 is 0 Å². The van der Waals surface area contributed by atoms with Crippen LogP contribution in [0, 0.1) is 0 Å². The molecule has 1 fully saturated rings. The summed E-state index contributed by atoms with van der Waals surface area (Å²) in [5.74, 6) is 0. The number of hydrogen-bond donors (Lipinski definition) is 2. The van der Waals surface area contributed by atoms with Gasteiger partial charge in [0.2, 0.25) is 0 Å². The Labute approximate surface area is 203 Å². The number of rotatable bonds is 5. The molecule has 0 atom stereocenters. The van der Waals surface area contributed by atoms with Crippen LogP contribution in [0.25, 0.3) is 6.08 Å². The van der Waals surface area contributed by atoms with Gasteiger partial charge in [-0.25, -0.2) is 0 Å². The first-order chi connectivity index (χ1) is 15.6. The van der Waals surface area contributed by atoms with Crippen LogP contribution in [0.3, 0.4) is 0 Å². The summed E-state index contributed by atoms with van der Waals surface area (Å²) < 4.78 is 5.56. The molecule has 1 saturated heterocycles. The Balaban J connectivity index is 1.54. The number of allylic oxidation sites excluding steroid dienone is 2. The highest BCUT2D eigenvalue weighted by molar-refractivity contribution is 7.80. The maximum Gasteiger partial charge on any atom is 0.191 e. The van der Waals surface area contributed by atoms with Crippen LogP contribution in [0.1, 0.15) is 18.4 Å². The van der Waals surface area contributed by atoms with Gasteiger partial charge in [-0.05, 0) is 72.1 Å². The number of benzene rings is 2. The van der Waals surface area contributed by atoms with Crippen molar-refractivity contribution < 1.29 is 4.74 Å². The number of para-hydroxylation sites is 1. The quantitative estimate of drug-likeness (QED) is 0.321. The van der Waals surface area contributed by atoms with Gasteiger partial charge in [0, 0.05) is 34.5 Å². The second-order valence-corrected chi connectivity index (χ2v) is 8.75. The van der Waals surface area contributed by atoms with Crippen LogP contribution in [-0.2, 0) is 4.74 Å². The molecule has 8 heteroatoms. The Morgan fingerprint density at radius 3 is 2.59 bits per heavy atom. The predicted octanol–water partition coefficient (Wildman–Crippen LogP) is 5.73. The van der Waals surface area contributed by atoms with E-state index >= 15 is 0 Å². The molecule has 2 aromatic rings. The van der Waals surface area contributed by atoms with E-state index in [1.54, 1.807) is 6.07 Å². The summed E-state index contributed by atoms with van der Waals surface area (Å²) in [6.45, 7) is 3.12. The summed E-state index contributed by atoms with van der Waals surface area (Å²) in [5, 5.41) is 9.24. The number of nitrogens with one attached hydrogen (secondary N) is 2. The molecule has 0 saturated carbocycles. The van der Waals surface area contributed by atoms with Crippen molar-refractivity contribution in [2.45, 2.75) is 12.8 Å². The maximum absolute atomic E-state index is 6.43. The topological polar surface area (TPSA) is 48.9 Å². The van der Waals surface area contributed by atoms with E-state index in [2.05, 4.69) is 26.8 Å². The van der Waals surface area contributed by atoms with Crippen molar-refractivity contribution in [2.24, 2.45) is 5.10 Å². The van der Waals surface area contributed by atoms with Gasteiger partial charge in [0.25, 0.3) is 0 Å². The summed E-state index contributed by atoms with van der Waals surface area (Å²) in [5.41, 5.74) is 8.40. The van der Waals surface area contributed by atoms with Crippen LogP contribution in [0.5, 0.6) is 0 Å². The molecule has 0 unspecified atom stereocenters. The highest BCUT2D eigenvalue weighted by Crippen LogP contribution is 2.36. The molecule has 1 aliphatic heterocycles. The summed E-state index contributed by atoms with van der Waals surface area (Å²) in [7, 11) is 0. The van der Waals surface area contributed by atoms with Crippen LogP contribution < -0.4 is 10.7 Å². The Morgan fingerprint density at radius 2 is 1.84 bits per heavy atom. The van der Waals surface area contributed by atoms with Gasteiger partial charge in [0.15, 0.2) is 5.11 Å². The molecule has 1 heterocycles. The van der Waals surface area contributed by atoms with Crippen LogP contribution in [0.15, 0.2) is 70.5 Å². The molecule has 0 spiro atoms. The number of morpholine rings is 1. The van der Waals surface area contributed by atoms with Crippen LogP contribution in [0.4, 0.5) is 5.69 Å². The largest absolute Gasteiger partial charge is 0.378 e. The lowest BCUT2D eigenvalue weighted by molar-refractivity contribution is 0.0548. The smallest absolute Gasteiger partial charge is 0.191 e. The van der Waals surface area contributed by atoms with Crippen molar-refractivity contribution in [3.63, 3.8) is 0 Å². The molecule has 4 rings (SSSR count). The van der Waals surface area contributed by atoms with Crippen LogP contribution >= 0.6 is 35.4 Å². The minimum absolute atomic E-state index is 0.447. The number of hydrazone groups is 1. The van der Waals surface area contributed by atoms with E-state index in [1.165, 1.54) is 16.8 Å². The average Bonchev–Trinajstić information content (AvgIpc) is 3.19. The zero-order chi connectivity index (χ0) is 22.3. The molecule has 2 N–H and O–H groups in total. The van der Waals surface area contributed by atoms with E-state index in [-0.39, 0.29) is 0 Å². The molecule has 0 amide bonds. The van der Waals surface area contributed by atoms with Gasteiger partial charge in [-0.15, -0.1) is 0 Å². The van der Waals surface area contributed by atoms with E-state index in [9.17, 15) is 0 Å². The molecular formula is C24H24Cl2N4OS. The summed E-state index contributed by atoms with van der Waals surface area (Å²) in [4.78, 5) is 2.37. The Kier molecular flexibility index (Phi) is 7.81. The van der Waals surface area contributed by atoms with E-state index < -0.39 is 0 Å². The number of nitrogens with zero attached hydrogens (tertiary/aromatic N) is 2. The highest BCUT2D eigenvalue weighted by atomic mass is 35.5. The zero-order valence-electron chi connectivity index (χ0n) is 17.5. The third kappa shape index (κ3) is 5.90. The fraction of sp³-hybridized carbons (Fsp3) is 0.250. The number of ether oxygens (including phenoxy) is 1. The van der Waals surface area contributed by atoms with Crippen molar-refractivity contribution in [3.05, 3.63) is 81.0 Å². The van der Waals surface area contributed by atoms with E-state index in [1.807, 2.05) is 48.7 Å². The minimum Gasteiger partial charge on any atom is -0.378 e. The maximum atomic E-state index is 6.43. The van der Waals surface area contributed by atoms with Gasteiger partial charge in [-0.1, -0.05) is 47.5 Å². The summed E-state index contributed by atoms with van der Waals surface area (Å²) in [6, 6.07) is 15.4. The number of anilines is 1. The third-order valence-electron chi connectivity index (χ3n) is 5.31. The second kappa shape index (κ2) is 11.0. The van der Waals surface area contributed by atoms with Gasteiger partial charge in [-0.3, -0.25) is 5.43 Å². The number of thiocarbonyl (C=S) groups is 1. The predicted molar refractivity (Wildman–Crippen MR) is 137 cm³/mol. The average molecular weight is 487 g/mol. The van der Waals surface area contributed by atoms with E-state index in [0.29, 0.717) is 28.4 Å². The second-order valence-electron chi connectivity index (χ2n) is 7.50. The lowest BCUT2D eigenvalue weighted by Crippen LogP contribution is -2.36. The van der Waals surface area contributed by atoms with E-state index in [0.717, 1.165) is 37.2 Å². The van der Waals surface area contributed by atoms with E-state index in [4.69, 9.17) is 40.2 Å². The molecule has 2 aliphatic rings. The zero-order valence-corrected chi connectivity index (χ0v) is 19.8. The van der Waals surface area contributed by atoms with Crippen molar-refractivity contribution in [2.75, 3.05) is 31.6 Å². The number of hydrogen-bond acceptors (Lipinski definition) is 4. The molecule has 0 radical (unpaired) electrons. The molecule has 1 aliphatic carbocycles. The van der Waals surface area contributed by atoms with Crippen LogP contribution in [-0.4, -0.2) is 42.5 Å². The Morgan fingerprint density at radius 1 is 1.06 bits per heavy atom. The normalized spacial score (nSPS) is 17.9. The van der Waals surface area contributed by atoms with Crippen molar-refractivity contribution in [3.8, 4) is 0 Å². The third-order valence-corrected chi connectivity index (χ3v) is 6.07. The molecule has 32 heavy (non-hydrogen) atoms. The molecule has 0 aromatic heterocycles. The molecular weight excluding hydrogens is 463 g/mol. The minimum atomic E-state index is 0.447. The lowest BCUT2D eigenvalue weighted by Gasteiger charge is -2.31. The molecule has 2 aromatic carbocycles. The fourth-order valence-corrected chi connectivity index (χ4v) is 4.46. The first-order valence-corrected chi connectivity index (χ1v) is 11.6. The Bertz CT molecular complexity index is 1060. The molecule has 0 bridgehead atoms. The van der Waals surface area contributed by atoms with Crippen LogP contribution in [0.2, 0.25) is 10.0 Å². The standard InChI is InChI=1S/C24H24Cl2N4OS/c25-20-9-8-17(22(26)15-20)14-18-6-7-19(23(18)30-10-12-31-13-11-30)16-27-29-24(32)28-21-4-2-1-3-5-21/h1-5,8-9,14-16H,6-7,10-13H2,(H2,28,29,32). The first-order valence-electron chi connectivity index (χ1n) is 10.5. The summed E-state index contributed by atoms with van der Waals surface area (Å²) in [6.07, 6.45) is 5.83.